The molecule has 0 spiro atoms. The molecule has 11 heteroatoms. The third kappa shape index (κ3) is 8.41. The number of nitrogens with one attached hydrogen (secondary N) is 3. The van der Waals surface area contributed by atoms with Crippen LogP contribution in [-0.4, -0.2) is 38.7 Å². The predicted octanol–water partition coefficient (Wildman–Crippen LogP) is 4.13. The Bertz CT molecular complexity index is 919. The number of thiocarbonyl (C=S) groups is 1. The molecule has 1 atom stereocenters. The maximum Gasteiger partial charge on any atom is 0.335 e. The largest absolute Gasteiger partial charge is 0.484 e. The Labute approximate surface area is 200 Å². The fourth-order valence-corrected chi connectivity index (χ4v) is 2.93. The van der Waals surface area contributed by atoms with Gasteiger partial charge >= 0.3 is 5.97 Å². The van der Waals surface area contributed by atoms with Crippen LogP contribution in [0.3, 0.4) is 0 Å². The first-order valence-electron chi connectivity index (χ1n) is 9.07. The number of alkyl halides is 3. The molecule has 0 aliphatic rings. The number of benzene rings is 2. The van der Waals surface area contributed by atoms with Crippen LogP contribution >= 0.6 is 47.0 Å². The number of ether oxygens (including phenoxy) is 1. The minimum absolute atomic E-state index is 0.0516. The van der Waals surface area contributed by atoms with Crippen molar-refractivity contribution in [2.75, 3.05) is 11.9 Å². The van der Waals surface area contributed by atoms with Gasteiger partial charge in [-0.05, 0) is 60.6 Å². The second-order valence-corrected chi connectivity index (χ2v) is 9.09. The topological polar surface area (TPSA) is 99.7 Å². The molecule has 166 valence electrons. The highest BCUT2D eigenvalue weighted by Crippen LogP contribution is 2.29. The van der Waals surface area contributed by atoms with Gasteiger partial charge in [0.1, 0.15) is 11.9 Å². The Hall–Kier alpha value is -2.26. The number of carboxylic acids is 1. The summed E-state index contributed by atoms with van der Waals surface area (Å²) in [5, 5.41) is 17.0. The Morgan fingerprint density at radius 2 is 1.68 bits per heavy atom. The van der Waals surface area contributed by atoms with E-state index in [1.54, 1.807) is 12.1 Å². The number of aromatic carboxylic acids is 1. The zero-order chi connectivity index (χ0) is 23.0. The molecule has 0 aromatic heterocycles. The van der Waals surface area contributed by atoms with E-state index in [-0.39, 0.29) is 17.3 Å². The highest BCUT2D eigenvalue weighted by Gasteiger charge is 2.34. The summed E-state index contributed by atoms with van der Waals surface area (Å²) in [6.45, 7) is 1.75. The number of aryl methyl sites for hydroxylation is 1. The van der Waals surface area contributed by atoms with Crippen LogP contribution in [0.1, 0.15) is 22.8 Å². The molecule has 2 aromatic rings. The van der Waals surface area contributed by atoms with E-state index in [1.807, 2.05) is 19.1 Å². The fourth-order valence-electron chi connectivity index (χ4n) is 2.37. The lowest BCUT2D eigenvalue weighted by molar-refractivity contribution is -0.123. The molecular formula is C20H20Cl3N3O4S. The van der Waals surface area contributed by atoms with E-state index in [4.69, 9.17) is 56.9 Å². The van der Waals surface area contributed by atoms with Gasteiger partial charge in [0.15, 0.2) is 11.7 Å². The molecule has 2 aromatic carbocycles. The van der Waals surface area contributed by atoms with Crippen LogP contribution in [0.5, 0.6) is 5.75 Å². The van der Waals surface area contributed by atoms with Gasteiger partial charge in [-0.15, -0.1) is 0 Å². The SMILES string of the molecule is CCc1ccc(OCC(=O)NC(NC(=S)Nc2ccc(C(=O)O)cc2)C(Cl)(Cl)Cl)cc1. The molecule has 0 aliphatic heterocycles. The van der Waals surface area contributed by atoms with Gasteiger partial charge < -0.3 is 25.8 Å². The third-order valence-corrected chi connectivity index (χ3v) is 4.87. The van der Waals surface area contributed by atoms with Crippen molar-refractivity contribution in [2.24, 2.45) is 0 Å². The molecule has 0 radical (unpaired) electrons. The molecule has 0 fully saturated rings. The Kier molecular flexibility index (Phi) is 9.18. The summed E-state index contributed by atoms with van der Waals surface area (Å²) in [7, 11) is 0. The number of halogens is 3. The second kappa shape index (κ2) is 11.4. The Balaban J connectivity index is 1.92. The van der Waals surface area contributed by atoms with E-state index >= 15 is 0 Å². The summed E-state index contributed by atoms with van der Waals surface area (Å²) in [5.74, 6) is -1.04. The molecule has 1 amide bonds. The Morgan fingerprint density at radius 3 is 2.19 bits per heavy atom. The normalized spacial score (nSPS) is 11.9. The van der Waals surface area contributed by atoms with E-state index in [1.165, 1.54) is 24.3 Å². The average molecular weight is 505 g/mol. The van der Waals surface area contributed by atoms with Crippen LogP contribution in [0, 0.1) is 0 Å². The summed E-state index contributed by atoms with van der Waals surface area (Å²) < 4.78 is 3.53. The van der Waals surface area contributed by atoms with Crippen LogP contribution in [0.2, 0.25) is 0 Å². The summed E-state index contributed by atoms with van der Waals surface area (Å²) in [6, 6.07) is 13.2. The van der Waals surface area contributed by atoms with Crippen LogP contribution < -0.4 is 20.7 Å². The van der Waals surface area contributed by atoms with Gasteiger partial charge in [0.05, 0.1) is 5.56 Å². The zero-order valence-corrected chi connectivity index (χ0v) is 19.4. The summed E-state index contributed by atoms with van der Waals surface area (Å²) >= 11 is 23.1. The third-order valence-electron chi connectivity index (χ3n) is 4.00. The molecular weight excluding hydrogens is 485 g/mol. The molecule has 4 N–H and O–H groups in total. The van der Waals surface area contributed by atoms with E-state index in [2.05, 4.69) is 16.0 Å². The van der Waals surface area contributed by atoms with Crippen molar-refractivity contribution < 1.29 is 19.4 Å². The highest BCUT2D eigenvalue weighted by molar-refractivity contribution is 7.80. The minimum Gasteiger partial charge on any atom is -0.484 e. The second-order valence-electron chi connectivity index (χ2n) is 6.31. The van der Waals surface area contributed by atoms with Crippen LogP contribution in [0.4, 0.5) is 5.69 Å². The van der Waals surface area contributed by atoms with Crippen LogP contribution in [-0.2, 0) is 11.2 Å². The first-order chi connectivity index (χ1) is 14.6. The summed E-state index contributed by atoms with van der Waals surface area (Å²) in [5.41, 5.74) is 1.78. The van der Waals surface area contributed by atoms with Crippen molar-refractivity contribution in [3.8, 4) is 5.75 Å². The van der Waals surface area contributed by atoms with E-state index in [9.17, 15) is 9.59 Å². The molecule has 7 nitrogen and oxygen atoms in total. The van der Waals surface area contributed by atoms with Gasteiger partial charge in [-0.2, -0.15) is 0 Å². The first-order valence-corrected chi connectivity index (χ1v) is 10.6. The number of carbonyl (C=O) groups excluding carboxylic acids is 1. The zero-order valence-electron chi connectivity index (χ0n) is 16.3. The number of anilines is 1. The average Bonchev–Trinajstić information content (AvgIpc) is 2.72. The number of hydrogen-bond donors (Lipinski definition) is 4. The van der Waals surface area contributed by atoms with Gasteiger partial charge in [0, 0.05) is 5.69 Å². The predicted molar refractivity (Wildman–Crippen MR) is 126 cm³/mol. The quantitative estimate of drug-likeness (QED) is 0.244. The molecule has 31 heavy (non-hydrogen) atoms. The molecule has 0 aliphatic carbocycles. The molecule has 1 unspecified atom stereocenters. The number of amides is 1. The molecule has 0 saturated heterocycles. The smallest absolute Gasteiger partial charge is 0.335 e. The van der Waals surface area contributed by atoms with Crippen molar-refractivity contribution in [3.63, 3.8) is 0 Å². The standard InChI is InChI=1S/C20H20Cl3N3O4S/c1-2-12-3-9-15(10-4-12)30-11-16(27)25-18(20(21,22)23)26-19(31)24-14-7-5-13(6-8-14)17(28)29/h3-10,18H,2,11H2,1H3,(H,25,27)(H,28,29)(H2,24,26,31). The summed E-state index contributed by atoms with van der Waals surface area (Å²) in [4.78, 5) is 23.2. The molecule has 0 saturated carbocycles. The van der Waals surface area contributed by atoms with Gasteiger partial charge in [-0.3, -0.25) is 4.79 Å². The van der Waals surface area contributed by atoms with Crippen LogP contribution in [0.25, 0.3) is 0 Å². The molecule has 0 bridgehead atoms. The molecule has 2 rings (SSSR count). The maximum absolute atomic E-state index is 12.3. The van der Waals surface area contributed by atoms with E-state index in [0.29, 0.717) is 11.4 Å². The van der Waals surface area contributed by atoms with Gasteiger partial charge in [0.25, 0.3) is 5.91 Å². The van der Waals surface area contributed by atoms with Crippen LogP contribution in [0.15, 0.2) is 48.5 Å². The minimum atomic E-state index is -1.92. The van der Waals surface area contributed by atoms with Gasteiger partial charge in [-0.25, -0.2) is 4.79 Å². The lowest BCUT2D eigenvalue weighted by Crippen LogP contribution is -2.56. The van der Waals surface area contributed by atoms with Crippen molar-refractivity contribution in [2.45, 2.75) is 23.3 Å². The maximum atomic E-state index is 12.3. The number of carbonyl (C=O) groups is 2. The Morgan fingerprint density at radius 1 is 1.06 bits per heavy atom. The number of rotatable bonds is 8. The first kappa shape index (κ1) is 25.0. The lowest BCUT2D eigenvalue weighted by atomic mass is 10.2. The van der Waals surface area contributed by atoms with Gasteiger partial charge in [-0.1, -0.05) is 53.9 Å². The number of carboxylic acid groups (broad SMARTS) is 1. The van der Waals surface area contributed by atoms with Crippen molar-refractivity contribution >= 4 is 69.7 Å². The lowest BCUT2D eigenvalue weighted by Gasteiger charge is -2.27. The fraction of sp³-hybridized carbons (Fsp3) is 0.250. The van der Waals surface area contributed by atoms with Crippen molar-refractivity contribution in [1.29, 1.82) is 0 Å². The highest BCUT2D eigenvalue weighted by atomic mass is 35.6. The van der Waals surface area contributed by atoms with E-state index in [0.717, 1.165) is 12.0 Å². The van der Waals surface area contributed by atoms with Crippen molar-refractivity contribution in [3.05, 3.63) is 59.7 Å². The monoisotopic (exact) mass is 503 g/mol. The number of hydrogen-bond acceptors (Lipinski definition) is 4. The van der Waals surface area contributed by atoms with Crippen molar-refractivity contribution in [1.82, 2.24) is 10.6 Å². The summed E-state index contributed by atoms with van der Waals surface area (Å²) in [6.07, 6.45) is -0.260. The van der Waals surface area contributed by atoms with Gasteiger partial charge in [0.2, 0.25) is 3.79 Å². The molecule has 0 heterocycles. The van der Waals surface area contributed by atoms with E-state index < -0.39 is 21.8 Å².